The Kier molecular flexibility index (Phi) is 2.94. The van der Waals surface area contributed by atoms with E-state index in [4.69, 9.17) is 4.42 Å². The summed E-state index contributed by atoms with van der Waals surface area (Å²) in [6.07, 6.45) is 3.49. The van der Waals surface area contributed by atoms with Crippen molar-refractivity contribution in [2.75, 3.05) is 4.90 Å². The molecule has 0 bridgehead atoms. The highest BCUT2D eigenvalue weighted by atomic mass is 16.4. The second-order valence-corrected chi connectivity index (χ2v) is 6.63. The summed E-state index contributed by atoms with van der Waals surface area (Å²) < 4.78 is 5.62. The summed E-state index contributed by atoms with van der Waals surface area (Å²) in [4.78, 5) is 18.9. The lowest BCUT2D eigenvalue weighted by Crippen LogP contribution is -2.33. The maximum Gasteiger partial charge on any atom is 0.242 e. The van der Waals surface area contributed by atoms with Crippen molar-refractivity contribution in [3.8, 4) is 11.3 Å². The van der Waals surface area contributed by atoms with E-state index in [1.165, 1.54) is 0 Å². The van der Waals surface area contributed by atoms with Crippen molar-refractivity contribution < 1.29 is 9.21 Å². The lowest BCUT2D eigenvalue weighted by atomic mass is 9.86. The van der Waals surface area contributed by atoms with Crippen molar-refractivity contribution in [1.29, 1.82) is 0 Å². The van der Waals surface area contributed by atoms with Crippen LogP contribution >= 0.6 is 0 Å². The molecule has 6 nitrogen and oxygen atoms in total. The Balaban J connectivity index is 1.92. The van der Waals surface area contributed by atoms with Gasteiger partial charge in [-0.1, -0.05) is 12.1 Å². The number of hydrogen-bond donors (Lipinski definition) is 1. The fourth-order valence-corrected chi connectivity index (χ4v) is 3.18. The van der Waals surface area contributed by atoms with Gasteiger partial charge in [0.2, 0.25) is 5.91 Å². The van der Waals surface area contributed by atoms with Gasteiger partial charge >= 0.3 is 0 Å². The summed E-state index contributed by atoms with van der Waals surface area (Å²) in [7, 11) is 0. The van der Waals surface area contributed by atoms with Crippen molar-refractivity contribution in [3.05, 3.63) is 47.6 Å². The van der Waals surface area contributed by atoms with Crippen LogP contribution in [-0.4, -0.2) is 21.1 Å². The summed E-state index contributed by atoms with van der Waals surface area (Å²) >= 11 is 0. The van der Waals surface area contributed by atoms with Crippen molar-refractivity contribution in [2.24, 2.45) is 0 Å². The van der Waals surface area contributed by atoms with Crippen LogP contribution in [0.5, 0.6) is 0 Å². The number of nitrogens with zero attached hydrogens (tertiary/aromatic N) is 3. The minimum Gasteiger partial charge on any atom is -0.441 e. The number of fused-ring (bicyclic) bond motifs is 1. The summed E-state index contributed by atoms with van der Waals surface area (Å²) in [5, 5.41) is 7.09. The predicted octanol–water partition coefficient (Wildman–Crippen LogP) is 3.64. The van der Waals surface area contributed by atoms with Crippen LogP contribution in [0, 0.1) is 13.8 Å². The quantitative estimate of drug-likeness (QED) is 0.781. The number of carbonyl (C=O) groups excluding carboxylic acids is 1. The standard InChI is InChI=1S/C18H18N4O2/c1-10-8-20-21-16(10)22-14-7-12(15-9-19-11(2)24-15)5-6-13(14)18(3,4)17(22)23/h5-9H,1-4H3,(H,20,21). The minimum absolute atomic E-state index is 0.0126. The van der Waals surface area contributed by atoms with Crippen LogP contribution in [0.2, 0.25) is 0 Å². The lowest BCUT2D eigenvalue weighted by molar-refractivity contribution is -0.121. The van der Waals surface area contributed by atoms with Gasteiger partial charge in [-0.2, -0.15) is 5.10 Å². The molecule has 24 heavy (non-hydrogen) atoms. The Morgan fingerprint density at radius 1 is 1.25 bits per heavy atom. The summed E-state index contributed by atoms with van der Waals surface area (Å²) in [5.74, 6) is 1.95. The van der Waals surface area contributed by atoms with Crippen LogP contribution < -0.4 is 4.90 Å². The first-order valence-corrected chi connectivity index (χ1v) is 7.82. The molecule has 1 N–H and O–H groups in total. The van der Waals surface area contributed by atoms with E-state index in [0.717, 1.165) is 22.4 Å². The van der Waals surface area contributed by atoms with E-state index in [9.17, 15) is 4.79 Å². The van der Waals surface area contributed by atoms with Crippen molar-refractivity contribution in [3.63, 3.8) is 0 Å². The maximum atomic E-state index is 13.0. The van der Waals surface area contributed by atoms with E-state index >= 15 is 0 Å². The number of benzene rings is 1. The van der Waals surface area contributed by atoms with E-state index in [1.807, 2.05) is 45.9 Å². The molecular formula is C18H18N4O2. The number of amides is 1. The highest BCUT2D eigenvalue weighted by molar-refractivity contribution is 6.12. The molecule has 0 radical (unpaired) electrons. The number of H-pyrrole nitrogens is 1. The monoisotopic (exact) mass is 322 g/mol. The number of rotatable bonds is 2. The second-order valence-electron chi connectivity index (χ2n) is 6.63. The average molecular weight is 322 g/mol. The number of anilines is 2. The van der Waals surface area contributed by atoms with Crippen LogP contribution in [0.3, 0.4) is 0 Å². The molecule has 0 unspecified atom stereocenters. The van der Waals surface area contributed by atoms with Gasteiger partial charge in [-0.05, 0) is 32.4 Å². The fraction of sp³-hybridized carbons (Fsp3) is 0.278. The van der Waals surface area contributed by atoms with E-state index in [-0.39, 0.29) is 5.91 Å². The number of hydrogen-bond acceptors (Lipinski definition) is 4. The molecule has 0 saturated heterocycles. The fourth-order valence-electron chi connectivity index (χ4n) is 3.18. The lowest BCUT2D eigenvalue weighted by Gasteiger charge is -2.19. The molecular weight excluding hydrogens is 304 g/mol. The Morgan fingerprint density at radius 3 is 2.67 bits per heavy atom. The number of nitrogens with one attached hydrogen (secondary N) is 1. The first-order chi connectivity index (χ1) is 11.4. The Labute approximate surface area is 139 Å². The van der Waals surface area contributed by atoms with Gasteiger partial charge in [0.1, 0.15) is 0 Å². The molecule has 0 aliphatic carbocycles. The molecule has 1 amide bonds. The zero-order valence-corrected chi connectivity index (χ0v) is 14.0. The largest absolute Gasteiger partial charge is 0.441 e. The Hall–Kier alpha value is -2.89. The van der Waals surface area contributed by atoms with Gasteiger partial charge in [-0.3, -0.25) is 14.8 Å². The molecule has 3 heterocycles. The van der Waals surface area contributed by atoms with E-state index in [0.29, 0.717) is 17.5 Å². The molecule has 2 aromatic heterocycles. The van der Waals surface area contributed by atoms with Gasteiger partial charge in [0.25, 0.3) is 0 Å². The predicted molar refractivity (Wildman–Crippen MR) is 90.2 cm³/mol. The smallest absolute Gasteiger partial charge is 0.242 e. The second kappa shape index (κ2) is 4.80. The summed E-state index contributed by atoms with van der Waals surface area (Å²) in [5.41, 5.74) is 3.03. The normalized spacial score (nSPS) is 15.8. The third-order valence-corrected chi connectivity index (χ3v) is 4.57. The first-order valence-electron chi connectivity index (χ1n) is 7.82. The zero-order chi connectivity index (χ0) is 17.1. The van der Waals surface area contributed by atoms with Crippen molar-refractivity contribution >= 4 is 17.4 Å². The SMILES string of the molecule is Cc1ncc(-c2ccc3c(c2)N(c2n[nH]cc2C)C(=O)C3(C)C)o1. The number of oxazole rings is 1. The highest BCUT2D eigenvalue weighted by Gasteiger charge is 2.45. The molecule has 1 aromatic carbocycles. The Bertz CT molecular complexity index is 952. The maximum absolute atomic E-state index is 13.0. The van der Waals surface area contributed by atoms with E-state index in [2.05, 4.69) is 15.2 Å². The van der Waals surface area contributed by atoms with Crippen LogP contribution in [-0.2, 0) is 10.2 Å². The molecule has 4 rings (SSSR count). The molecule has 0 fully saturated rings. The van der Waals surface area contributed by atoms with Gasteiger partial charge < -0.3 is 4.42 Å². The summed E-state index contributed by atoms with van der Waals surface area (Å²) in [6, 6.07) is 5.92. The van der Waals surface area contributed by atoms with Gasteiger partial charge in [0.05, 0.1) is 17.3 Å². The first kappa shape index (κ1) is 14.7. The van der Waals surface area contributed by atoms with Gasteiger partial charge in [0.15, 0.2) is 17.5 Å². The van der Waals surface area contributed by atoms with E-state index < -0.39 is 5.41 Å². The molecule has 0 saturated carbocycles. The molecule has 0 spiro atoms. The van der Waals surface area contributed by atoms with E-state index in [1.54, 1.807) is 17.3 Å². The molecule has 122 valence electrons. The van der Waals surface area contributed by atoms with Crippen LogP contribution in [0.1, 0.15) is 30.9 Å². The number of carbonyl (C=O) groups is 1. The number of aromatic nitrogens is 3. The summed E-state index contributed by atoms with van der Waals surface area (Å²) in [6.45, 7) is 7.62. The third kappa shape index (κ3) is 1.92. The molecule has 3 aromatic rings. The van der Waals surface area contributed by atoms with Crippen molar-refractivity contribution in [1.82, 2.24) is 15.2 Å². The minimum atomic E-state index is -0.601. The highest BCUT2D eigenvalue weighted by Crippen LogP contribution is 2.46. The molecule has 0 atom stereocenters. The number of aryl methyl sites for hydroxylation is 2. The van der Waals surface area contributed by atoms with Crippen LogP contribution in [0.4, 0.5) is 11.5 Å². The number of aromatic amines is 1. The van der Waals surface area contributed by atoms with Gasteiger partial charge in [0, 0.05) is 24.2 Å². The molecule has 1 aliphatic heterocycles. The van der Waals surface area contributed by atoms with Crippen LogP contribution in [0.15, 0.2) is 35.0 Å². The van der Waals surface area contributed by atoms with Crippen molar-refractivity contribution in [2.45, 2.75) is 33.1 Å². The average Bonchev–Trinajstić information content (AvgIpc) is 3.20. The van der Waals surface area contributed by atoms with Gasteiger partial charge in [-0.25, -0.2) is 4.98 Å². The molecule has 1 aliphatic rings. The zero-order valence-electron chi connectivity index (χ0n) is 14.0. The van der Waals surface area contributed by atoms with Gasteiger partial charge in [-0.15, -0.1) is 0 Å². The Morgan fingerprint density at radius 2 is 2.04 bits per heavy atom. The third-order valence-electron chi connectivity index (χ3n) is 4.57. The topological polar surface area (TPSA) is 75.0 Å². The van der Waals surface area contributed by atoms with Crippen LogP contribution in [0.25, 0.3) is 11.3 Å². The molecule has 6 heteroatoms.